The van der Waals surface area contributed by atoms with Gasteiger partial charge in [-0.05, 0) is 24.8 Å². The average molecular weight is 216 g/mol. The molecule has 2 N–H and O–H groups in total. The second-order valence-electron chi connectivity index (χ2n) is 4.20. The van der Waals surface area contributed by atoms with Gasteiger partial charge in [-0.2, -0.15) is 4.99 Å². The lowest BCUT2D eigenvalue weighted by Crippen LogP contribution is -2.42. The van der Waals surface area contributed by atoms with Crippen molar-refractivity contribution in [2.24, 2.45) is 10.7 Å². The van der Waals surface area contributed by atoms with Gasteiger partial charge in [0.2, 0.25) is 0 Å². The zero-order chi connectivity index (χ0) is 11.2. The molecular weight excluding hydrogens is 204 g/mol. The molecular formula is C12H12N2O2. The maximum absolute atomic E-state index is 11.2. The fourth-order valence-electron chi connectivity index (χ4n) is 2.58. The minimum Gasteiger partial charge on any atom is -0.428 e. The van der Waals surface area contributed by atoms with Gasteiger partial charge >= 0.3 is 6.09 Å². The Morgan fingerprint density at radius 3 is 2.94 bits per heavy atom. The third-order valence-electron chi connectivity index (χ3n) is 3.31. The predicted molar refractivity (Wildman–Crippen MR) is 59.2 cm³/mol. The van der Waals surface area contributed by atoms with E-state index < -0.39 is 11.7 Å². The Bertz CT molecular complexity index is 496. The highest BCUT2D eigenvalue weighted by atomic mass is 16.6. The van der Waals surface area contributed by atoms with Crippen molar-refractivity contribution in [3.63, 3.8) is 0 Å². The number of fused-ring (bicyclic) bond motifs is 2. The first kappa shape index (κ1) is 9.39. The van der Waals surface area contributed by atoms with Gasteiger partial charge < -0.3 is 10.5 Å². The lowest BCUT2D eigenvalue weighted by Gasteiger charge is -2.33. The molecule has 3 rings (SSSR count). The monoisotopic (exact) mass is 216 g/mol. The molecule has 0 unspecified atom stereocenters. The van der Waals surface area contributed by atoms with Gasteiger partial charge in [0, 0.05) is 5.56 Å². The van der Waals surface area contributed by atoms with Gasteiger partial charge in [0.05, 0.1) is 0 Å². The largest absolute Gasteiger partial charge is 0.436 e. The molecule has 1 amide bonds. The van der Waals surface area contributed by atoms with Crippen molar-refractivity contribution in [3.8, 4) is 0 Å². The number of hydrogen-bond acceptors (Lipinski definition) is 3. The SMILES string of the molecule is NC1=NC(=O)O[C@]12CCCc1ccccc12. The van der Waals surface area contributed by atoms with Gasteiger partial charge in [-0.25, -0.2) is 4.79 Å². The van der Waals surface area contributed by atoms with E-state index in [1.807, 2.05) is 18.2 Å². The molecule has 0 bridgehead atoms. The molecule has 0 radical (unpaired) electrons. The molecule has 1 aromatic rings. The smallest absolute Gasteiger partial charge is 0.428 e. The number of amides is 1. The zero-order valence-electron chi connectivity index (χ0n) is 8.77. The van der Waals surface area contributed by atoms with E-state index in [-0.39, 0.29) is 0 Å². The van der Waals surface area contributed by atoms with E-state index in [0.717, 1.165) is 24.8 Å². The Labute approximate surface area is 93.1 Å². The fraction of sp³-hybridized carbons (Fsp3) is 0.333. The summed E-state index contributed by atoms with van der Waals surface area (Å²) in [7, 11) is 0. The third-order valence-corrected chi connectivity index (χ3v) is 3.31. The molecule has 0 saturated heterocycles. The summed E-state index contributed by atoms with van der Waals surface area (Å²) in [6, 6.07) is 7.94. The fourth-order valence-corrected chi connectivity index (χ4v) is 2.58. The Morgan fingerprint density at radius 1 is 1.38 bits per heavy atom. The maximum Gasteiger partial charge on any atom is 0.436 e. The molecule has 4 nitrogen and oxygen atoms in total. The van der Waals surface area contributed by atoms with E-state index >= 15 is 0 Å². The Kier molecular flexibility index (Phi) is 1.80. The van der Waals surface area contributed by atoms with Crippen LogP contribution in [-0.2, 0) is 16.8 Å². The van der Waals surface area contributed by atoms with Crippen LogP contribution in [0.25, 0.3) is 0 Å². The van der Waals surface area contributed by atoms with Crippen molar-refractivity contribution >= 4 is 11.9 Å². The minimum absolute atomic E-state index is 0.296. The summed E-state index contributed by atoms with van der Waals surface area (Å²) >= 11 is 0. The first-order valence-electron chi connectivity index (χ1n) is 5.38. The number of benzene rings is 1. The number of carbonyl (C=O) groups is 1. The van der Waals surface area contributed by atoms with Crippen LogP contribution in [0.2, 0.25) is 0 Å². The molecule has 1 aliphatic heterocycles. The maximum atomic E-state index is 11.2. The summed E-state index contributed by atoms with van der Waals surface area (Å²) in [6.45, 7) is 0. The van der Waals surface area contributed by atoms with Crippen molar-refractivity contribution < 1.29 is 9.53 Å². The number of carbonyl (C=O) groups excluding carboxylic acids is 1. The number of nitrogens with zero attached hydrogens (tertiary/aromatic N) is 1. The Balaban J connectivity index is 2.18. The number of rotatable bonds is 0. The quantitative estimate of drug-likeness (QED) is 0.718. The molecule has 82 valence electrons. The van der Waals surface area contributed by atoms with Gasteiger partial charge in [0.15, 0.2) is 11.4 Å². The minimum atomic E-state index is -0.786. The van der Waals surface area contributed by atoms with Crippen molar-refractivity contribution in [1.82, 2.24) is 0 Å². The predicted octanol–water partition coefficient (Wildman–Crippen LogP) is 1.73. The van der Waals surface area contributed by atoms with Crippen LogP contribution in [0.15, 0.2) is 29.3 Å². The van der Waals surface area contributed by atoms with Crippen LogP contribution in [0.5, 0.6) is 0 Å². The normalized spacial score (nSPS) is 27.5. The van der Waals surface area contributed by atoms with Crippen LogP contribution >= 0.6 is 0 Å². The summed E-state index contributed by atoms with van der Waals surface area (Å²) in [5.41, 5.74) is 7.26. The van der Waals surface area contributed by atoms with E-state index in [1.54, 1.807) is 0 Å². The molecule has 2 aliphatic rings. The number of amidine groups is 1. The van der Waals surface area contributed by atoms with Gasteiger partial charge in [-0.15, -0.1) is 0 Å². The van der Waals surface area contributed by atoms with Crippen LogP contribution < -0.4 is 5.73 Å². The van der Waals surface area contributed by atoms with Crippen molar-refractivity contribution in [1.29, 1.82) is 0 Å². The number of ether oxygens (including phenoxy) is 1. The molecule has 0 aromatic heterocycles. The number of nitrogens with two attached hydrogens (primary N) is 1. The van der Waals surface area contributed by atoms with E-state index in [2.05, 4.69) is 11.1 Å². The number of aliphatic imine (C=N–C) groups is 1. The van der Waals surface area contributed by atoms with Crippen LogP contribution in [0, 0.1) is 0 Å². The highest BCUT2D eigenvalue weighted by Gasteiger charge is 2.47. The molecule has 1 atom stereocenters. The average Bonchev–Trinajstić information content (AvgIpc) is 2.55. The molecule has 4 heteroatoms. The van der Waals surface area contributed by atoms with E-state index in [1.165, 1.54) is 5.56 Å². The van der Waals surface area contributed by atoms with Gasteiger partial charge in [0.25, 0.3) is 0 Å². The van der Waals surface area contributed by atoms with Crippen LogP contribution in [0.1, 0.15) is 24.0 Å². The lowest BCUT2D eigenvalue weighted by atomic mass is 9.78. The summed E-state index contributed by atoms with van der Waals surface area (Å²) < 4.78 is 5.36. The zero-order valence-corrected chi connectivity index (χ0v) is 8.77. The van der Waals surface area contributed by atoms with Gasteiger partial charge in [-0.1, -0.05) is 24.3 Å². The molecule has 1 spiro atoms. The number of aryl methyl sites for hydroxylation is 1. The van der Waals surface area contributed by atoms with E-state index in [0.29, 0.717) is 5.84 Å². The standard InChI is InChI=1S/C12H12N2O2/c13-10-12(16-11(15)14-10)7-3-5-8-4-1-2-6-9(8)12/h1-2,4,6H,3,5,7H2,(H2,13,14,15)/t12-/m0/s1. The van der Waals surface area contributed by atoms with Crippen molar-refractivity contribution in [2.45, 2.75) is 24.9 Å². The first-order valence-corrected chi connectivity index (χ1v) is 5.38. The van der Waals surface area contributed by atoms with Gasteiger partial charge in [-0.3, -0.25) is 0 Å². The molecule has 1 aliphatic carbocycles. The molecule has 0 saturated carbocycles. The van der Waals surface area contributed by atoms with Crippen LogP contribution in [-0.4, -0.2) is 11.9 Å². The number of hydrogen-bond donors (Lipinski definition) is 1. The lowest BCUT2D eigenvalue weighted by molar-refractivity contribution is 0.0665. The highest BCUT2D eigenvalue weighted by Crippen LogP contribution is 2.41. The summed E-state index contributed by atoms with van der Waals surface area (Å²) in [5.74, 6) is 0.296. The molecule has 0 fully saturated rings. The highest BCUT2D eigenvalue weighted by molar-refractivity contribution is 6.02. The topological polar surface area (TPSA) is 64.7 Å². The second kappa shape index (κ2) is 3.07. The second-order valence-corrected chi connectivity index (χ2v) is 4.20. The van der Waals surface area contributed by atoms with E-state index in [4.69, 9.17) is 10.5 Å². The van der Waals surface area contributed by atoms with Gasteiger partial charge in [0.1, 0.15) is 0 Å². The van der Waals surface area contributed by atoms with Crippen molar-refractivity contribution in [3.05, 3.63) is 35.4 Å². The molecule has 16 heavy (non-hydrogen) atoms. The summed E-state index contributed by atoms with van der Waals surface area (Å²) in [5, 5.41) is 0. The summed E-state index contributed by atoms with van der Waals surface area (Å²) in [6.07, 6.45) is 2.11. The van der Waals surface area contributed by atoms with Crippen LogP contribution in [0.4, 0.5) is 4.79 Å². The Hall–Kier alpha value is -1.84. The van der Waals surface area contributed by atoms with Crippen molar-refractivity contribution in [2.75, 3.05) is 0 Å². The molecule has 1 heterocycles. The molecule has 1 aromatic carbocycles. The Morgan fingerprint density at radius 2 is 2.19 bits per heavy atom. The third kappa shape index (κ3) is 1.10. The first-order chi connectivity index (χ1) is 7.72. The van der Waals surface area contributed by atoms with E-state index in [9.17, 15) is 4.79 Å². The van der Waals surface area contributed by atoms with Crippen LogP contribution in [0.3, 0.4) is 0 Å². The summed E-state index contributed by atoms with van der Waals surface area (Å²) in [4.78, 5) is 14.9.